The minimum Gasteiger partial charge on any atom is -0.478 e. The fraction of sp³-hybridized carbons (Fsp3) is 0.571. The first-order valence-corrected chi connectivity index (χ1v) is 10.4. The molecule has 150 valence electrons. The third kappa shape index (κ3) is 11.4. The molecule has 5 nitrogen and oxygen atoms in total. The van der Waals surface area contributed by atoms with Crippen molar-refractivity contribution in [2.75, 3.05) is 6.54 Å². The van der Waals surface area contributed by atoms with E-state index in [4.69, 9.17) is 17.3 Å². The topological polar surface area (TPSA) is 73.7 Å². The zero-order chi connectivity index (χ0) is 19.7. The van der Waals surface area contributed by atoms with Gasteiger partial charge < -0.3 is 10.4 Å². The van der Waals surface area contributed by atoms with Crippen LogP contribution in [0.25, 0.3) is 0 Å². The minimum absolute atomic E-state index is 0.215. The average molecular weight is 392 g/mol. The van der Waals surface area contributed by atoms with Gasteiger partial charge in [0.15, 0.2) is 5.11 Å². The summed E-state index contributed by atoms with van der Waals surface area (Å²) in [6, 6.07) is 6.71. The van der Waals surface area contributed by atoms with E-state index in [0.717, 1.165) is 13.0 Å². The van der Waals surface area contributed by atoms with E-state index < -0.39 is 5.97 Å². The Kier molecular flexibility index (Phi) is 12.9. The Balaban J connectivity index is 2.06. The van der Waals surface area contributed by atoms with Crippen molar-refractivity contribution in [1.29, 1.82) is 0 Å². The van der Waals surface area contributed by atoms with Crippen molar-refractivity contribution in [3.8, 4) is 0 Å². The molecule has 0 heterocycles. The van der Waals surface area contributed by atoms with Gasteiger partial charge in [0.25, 0.3) is 0 Å². The highest BCUT2D eigenvalue weighted by atomic mass is 32.1. The second-order valence-electron chi connectivity index (χ2n) is 6.70. The van der Waals surface area contributed by atoms with Gasteiger partial charge in [-0.1, -0.05) is 82.9 Å². The molecule has 0 aliphatic rings. The number of carbonyl (C=O) groups is 1. The fourth-order valence-corrected chi connectivity index (χ4v) is 2.97. The molecule has 0 fully saturated rings. The predicted octanol–water partition coefficient (Wildman–Crippen LogP) is 5.10. The standard InChI is InChI=1S/C21H33N3O2S/c1-2-3-4-5-6-7-8-9-10-13-16-22-21(27)24-23-17-18-14-11-12-15-19(18)20(25)26/h11-12,14-15,17H,2-10,13,16H2,1H3,(H,25,26)(H2,22,24,27)/b23-17-. The predicted molar refractivity (Wildman–Crippen MR) is 117 cm³/mol. The number of aromatic carboxylic acids is 1. The number of unbranched alkanes of at least 4 members (excludes halogenated alkanes) is 9. The zero-order valence-electron chi connectivity index (χ0n) is 16.4. The third-order valence-electron chi connectivity index (χ3n) is 4.38. The number of carboxylic acids is 1. The molecule has 0 aliphatic carbocycles. The van der Waals surface area contributed by atoms with E-state index >= 15 is 0 Å². The molecule has 0 amide bonds. The summed E-state index contributed by atoms with van der Waals surface area (Å²) in [5.41, 5.74) is 3.48. The van der Waals surface area contributed by atoms with Gasteiger partial charge in [0.2, 0.25) is 0 Å². The number of carboxylic acid groups (broad SMARTS) is 1. The molecule has 0 saturated heterocycles. The van der Waals surface area contributed by atoms with E-state index in [0.29, 0.717) is 10.7 Å². The summed E-state index contributed by atoms with van der Waals surface area (Å²) in [6.45, 7) is 3.07. The van der Waals surface area contributed by atoms with Gasteiger partial charge in [-0.25, -0.2) is 4.79 Å². The SMILES string of the molecule is CCCCCCCCCCCCNC(=S)N/N=C\c1ccccc1C(=O)O. The van der Waals surface area contributed by atoms with Gasteiger partial charge in [-0.3, -0.25) is 5.43 Å². The van der Waals surface area contributed by atoms with Gasteiger partial charge in [-0.05, 0) is 24.7 Å². The van der Waals surface area contributed by atoms with Crippen LogP contribution < -0.4 is 10.7 Å². The summed E-state index contributed by atoms with van der Waals surface area (Å²) in [4.78, 5) is 11.1. The van der Waals surface area contributed by atoms with E-state index in [9.17, 15) is 4.79 Å². The Morgan fingerprint density at radius 3 is 2.26 bits per heavy atom. The van der Waals surface area contributed by atoms with Crippen LogP contribution >= 0.6 is 12.2 Å². The largest absolute Gasteiger partial charge is 0.478 e. The first-order valence-electron chi connectivity index (χ1n) is 10.0. The van der Waals surface area contributed by atoms with E-state index in [1.165, 1.54) is 64.0 Å². The molecule has 0 spiro atoms. The van der Waals surface area contributed by atoms with E-state index in [1.54, 1.807) is 24.3 Å². The molecule has 0 atom stereocenters. The molecule has 0 radical (unpaired) electrons. The number of hydrogen-bond donors (Lipinski definition) is 3. The second-order valence-corrected chi connectivity index (χ2v) is 7.11. The van der Waals surface area contributed by atoms with Crippen molar-refractivity contribution in [1.82, 2.24) is 10.7 Å². The van der Waals surface area contributed by atoms with Crippen LogP contribution in [-0.2, 0) is 0 Å². The number of rotatable bonds is 14. The maximum atomic E-state index is 11.1. The maximum Gasteiger partial charge on any atom is 0.336 e. The number of benzene rings is 1. The van der Waals surface area contributed by atoms with Crippen LogP contribution in [0.1, 0.15) is 87.1 Å². The van der Waals surface area contributed by atoms with Gasteiger partial charge in [0.1, 0.15) is 0 Å². The minimum atomic E-state index is -0.973. The molecule has 1 aromatic rings. The van der Waals surface area contributed by atoms with Crippen LogP contribution in [0.4, 0.5) is 0 Å². The molecule has 0 aliphatic heterocycles. The van der Waals surface area contributed by atoms with Crippen molar-refractivity contribution < 1.29 is 9.90 Å². The first kappa shape index (κ1) is 23.1. The molecule has 0 saturated carbocycles. The average Bonchev–Trinajstić information content (AvgIpc) is 2.66. The highest BCUT2D eigenvalue weighted by Crippen LogP contribution is 2.10. The second kappa shape index (κ2) is 15.1. The van der Waals surface area contributed by atoms with Crippen LogP contribution in [0.3, 0.4) is 0 Å². The molecular formula is C21H33N3O2S. The van der Waals surface area contributed by atoms with Gasteiger partial charge in [0.05, 0.1) is 11.8 Å². The lowest BCUT2D eigenvalue weighted by Crippen LogP contribution is -2.32. The molecule has 1 rings (SSSR count). The first-order chi connectivity index (χ1) is 13.1. The van der Waals surface area contributed by atoms with Gasteiger partial charge in [-0.15, -0.1) is 0 Å². The van der Waals surface area contributed by atoms with Gasteiger partial charge in [0, 0.05) is 12.1 Å². The summed E-state index contributed by atoms with van der Waals surface area (Å²) in [6.07, 6.45) is 14.5. The number of hydrogen-bond acceptors (Lipinski definition) is 3. The summed E-state index contributed by atoms with van der Waals surface area (Å²) in [5, 5.41) is 16.7. The smallest absolute Gasteiger partial charge is 0.336 e. The summed E-state index contributed by atoms with van der Waals surface area (Å²) in [7, 11) is 0. The van der Waals surface area contributed by atoms with E-state index in [-0.39, 0.29) is 5.56 Å². The Labute approximate surface area is 168 Å². The van der Waals surface area contributed by atoms with Crippen molar-refractivity contribution in [2.24, 2.45) is 5.10 Å². The zero-order valence-corrected chi connectivity index (χ0v) is 17.2. The van der Waals surface area contributed by atoms with E-state index in [2.05, 4.69) is 22.8 Å². The molecular weight excluding hydrogens is 358 g/mol. The number of nitrogens with one attached hydrogen (secondary N) is 2. The van der Waals surface area contributed by atoms with Crippen molar-refractivity contribution in [3.05, 3.63) is 35.4 Å². The lowest BCUT2D eigenvalue weighted by molar-refractivity contribution is 0.0697. The van der Waals surface area contributed by atoms with Crippen LogP contribution in [0.5, 0.6) is 0 Å². The molecule has 27 heavy (non-hydrogen) atoms. The number of thiocarbonyl (C=S) groups is 1. The Morgan fingerprint density at radius 1 is 1.04 bits per heavy atom. The van der Waals surface area contributed by atoms with Gasteiger partial charge >= 0.3 is 5.97 Å². The molecule has 0 bridgehead atoms. The fourth-order valence-electron chi connectivity index (χ4n) is 2.82. The quantitative estimate of drug-likeness (QED) is 0.178. The molecule has 3 N–H and O–H groups in total. The normalized spacial score (nSPS) is 10.9. The van der Waals surface area contributed by atoms with Crippen LogP contribution in [0.15, 0.2) is 29.4 Å². The Morgan fingerprint density at radius 2 is 1.63 bits per heavy atom. The van der Waals surface area contributed by atoms with Crippen molar-refractivity contribution in [3.63, 3.8) is 0 Å². The molecule has 1 aromatic carbocycles. The molecule has 6 heteroatoms. The van der Waals surface area contributed by atoms with E-state index in [1.807, 2.05) is 0 Å². The summed E-state index contributed by atoms with van der Waals surface area (Å²) in [5.74, 6) is -0.973. The van der Waals surface area contributed by atoms with Crippen LogP contribution in [0, 0.1) is 0 Å². The van der Waals surface area contributed by atoms with Crippen molar-refractivity contribution in [2.45, 2.75) is 71.1 Å². The monoisotopic (exact) mass is 391 g/mol. The lowest BCUT2D eigenvalue weighted by Gasteiger charge is -2.07. The van der Waals surface area contributed by atoms with Crippen molar-refractivity contribution >= 4 is 29.5 Å². The maximum absolute atomic E-state index is 11.1. The number of hydrazone groups is 1. The third-order valence-corrected chi connectivity index (χ3v) is 4.61. The number of nitrogens with zero attached hydrogens (tertiary/aromatic N) is 1. The summed E-state index contributed by atoms with van der Waals surface area (Å²) < 4.78 is 0. The lowest BCUT2D eigenvalue weighted by atomic mass is 10.1. The molecule has 0 unspecified atom stereocenters. The Bertz CT molecular complexity index is 591. The van der Waals surface area contributed by atoms with Crippen LogP contribution in [-0.4, -0.2) is 28.9 Å². The summed E-state index contributed by atoms with van der Waals surface area (Å²) >= 11 is 5.17. The Hall–Kier alpha value is -1.95. The van der Waals surface area contributed by atoms with Gasteiger partial charge in [-0.2, -0.15) is 5.10 Å². The highest BCUT2D eigenvalue weighted by molar-refractivity contribution is 7.80. The molecule has 0 aromatic heterocycles. The highest BCUT2D eigenvalue weighted by Gasteiger charge is 2.06. The van der Waals surface area contributed by atoms with Crippen LogP contribution in [0.2, 0.25) is 0 Å².